The Bertz CT molecular complexity index is 444. The minimum absolute atomic E-state index is 0.0209. The highest BCUT2D eigenvalue weighted by molar-refractivity contribution is 9.10. The summed E-state index contributed by atoms with van der Waals surface area (Å²) in [5.74, 6) is -0.198. The second kappa shape index (κ2) is 7.50. The topological polar surface area (TPSA) is 24.5 Å². The van der Waals surface area contributed by atoms with Crippen LogP contribution in [0.3, 0.4) is 0 Å². The van der Waals surface area contributed by atoms with Crippen LogP contribution in [0.4, 0.5) is 4.39 Å². The van der Waals surface area contributed by atoms with Crippen molar-refractivity contribution in [2.75, 3.05) is 32.8 Å². The van der Waals surface area contributed by atoms with Crippen LogP contribution < -0.4 is 5.32 Å². The molecule has 0 aromatic heterocycles. The molecule has 1 aromatic rings. The van der Waals surface area contributed by atoms with Gasteiger partial charge in [-0.1, -0.05) is 26.0 Å². The molecule has 5 heteroatoms. The quantitative estimate of drug-likeness (QED) is 0.888. The molecule has 1 N–H and O–H groups in total. The number of ether oxygens (including phenoxy) is 1. The monoisotopic (exact) mass is 344 g/mol. The molecular weight excluding hydrogens is 323 g/mol. The van der Waals surface area contributed by atoms with Crippen molar-refractivity contribution in [1.82, 2.24) is 10.2 Å². The maximum absolute atomic E-state index is 14.4. The second-order valence-corrected chi connectivity index (χ2v) is 5.84. The van der Waals surface area contributed by atoms with Crippen LogP contribution in [-0.4, -0.2) is 43.8 Å². The zero-order valence-electron chi connectivity index (χ0n) is 12.0. The van der Waals surface area contributed by atoms with Crippen LogP contribution in [0, 0.1) is 5.82 Å². The Balaban J connectivity index is 2.23. The zero-order chi connectivity index (χ0) is 14.5. The molecule has 20 heavy (non-hydrogen) atoms. The smallest absolute Gasteiger partial charge is 0.142 e. The lowest BCUT2D eigenvalue weighted by Gasteiger charge is -2.37. The largest absolute Gasteiger partial charge is 0.374 e. The first kappa shape index (κ1) is 15.9. The molecule has 1 saturated heterocycles. The SMILES string of the molecule is CCNC(c1cccc(Br)c1F)C1CN(CC)CCO1. The first-order valence-corrected chi connectivity index (χ1v) is 7.97. The Morgan fingerprint density at radius 1 is 1.50 bits per heavy atom. The van der Waals surface area contributed by atoms with Gasteiger partial charge in [0.25, 0.3) is 0 Å². The number of rotatable bonds is 5. The minimum atomic E-state index is -0.198. The minimum Gasteiger partial charge on any atom is -0.374 e. The van der Waals surface area contributed by atoms with E-state index in [0.29, 0.717) is 16.6 Å². The standard InChI is InChI=1S/C15H22BrFN2O/c1-3-18-15(11-6-5-7-12(16)14(11)17)13-10-19(4-2)8-9-20-13/h5-7,13,15,18H,3-4,8-10H2,1-2H3. The first-order valence-electron chi connectivity index (χ1n) is 7.18. The van der Waals surface area contributed by atoms with Crippen LogP contribution in [0.25, 0.3) is 0 Å². The van der Waals surface area contributed by atoms with Crippen LogP contribution in [0.1, 0.15) is 25.5 Å². The maximum atomic E-state index is 14.4. The van der Waals surface area contributed by atoms with Crippen LogP contribution >= 0.6 is 15.9 Å². The third kappa shape index (κ3) is 3.58. The van der Waals surface area contributed by atoms with Gasteiger partial charge >= 0.3 is 0 Å². The normalized spacial score (nSPS) is 21.9. The van der Waals surface area contributed by atoms with Crippen molar-refractivity contribution >= 4 is 15.9 Å². The highest BCUT2D eigenvalue weighted by atomic mass is 79.9. The molecule has 0 bridgehead atoms. The Hall–Kier alpha value is -0.490. The third-order valence-corrected chi connectivity index (χ3v) is 4.35. The number of nitrogens with zero attached hydrogens (tertiary/aromatic N) is 1. The molecule has 1 fully saturated rings. The fourth-order valence-electron chi connectivity index (χ4n) is 2.64. The average molecular weight is 345 g/mol. The predicted octanol–water partition coefficient (Wildman–Crippen LogP) is 2.96. The van der Waals surface area contributed by atoms with Gasteiger partial charge in [-0.15, -0.1) is 0 Å². The van der Waals surface area contributed by atoms with Gasteiger partial charge in [-0.05, 0) is 35.1 Å². The van der Waals surface area contributed by atoms with Gasteiger partial charge in [0.2, 0.25) is 0 Å². The molecule has 1 aliphatic rings. The van der Waals surface area contributed by atoms with E-state index in [-0.39, 0.29) is 18.0 Å². The summed E-state index contributed by atoms with van der Waals surface area (Å²) in [5, 5.41) is 3.37. The van der Waals surface area contributed by atoms with E-state index in [1.807, 2.05) is 19.1 Å². The van der Waals surface area contributed by atoms with Gasteiger partial charge < -0.3 is 10.1 Å². The number of halogens is 2. The highest BCUT2D eigenvalue weighted by Crippen LogP contribution is 2.28. The van der Waals surface area contributed by atoms with E-state index in [1.165, 1.54) is 0 Å². The molecule has 0 aliphatic carbocycles. The first-order chi connectivity index (χ1) is 9.67. The molecule has 2 rings (SSSR count). The van der Waals surface area contributed by atoms with Crippen molar-refractivity contribution in [2.45, 2.75) is 26.0 Å². The molecule has 1 heterocycles. The Labute approximate surface area is 128 Å². The highest BCUT2D eigenvalue weighted by Gasteiger charge is 2.30. The molecule has 1 aliphatic heterocycles. The summed E-state index contributed by atoms with van der Waals surface area (Å²) >= 11 is 3.26. The molecule has 0 amide bonds. The van der Waals surface area contributed by atoms with E-state index in [4.69, 9.17) is 4.74 Å². The molecule has 2 unspecified atom stereocenters. The van der Waals surface area contributed by atoms with Crippen LogP contribution in [-0.2, 0) is 4.74 Å². The van der Waals surface area contributed by atoms with E-state index in [1.54, 1.807) is 6.07 Å². The van der Waals surface area contributed by atoms with E-state index >= 15 is 0 Å². The Morgan fingerprint density at radius 2 is 2.30 bits per heavy atom. The number of hydrogen-bond donors (Lipinski definition) is 1. The summed E-state index contributed by atoms with van der Waals surface area (Å²) in [6.07, 6.45) is -0.0209. The van der Waals surface area contributed by atoms with Crippen molar-refractivity contribution in [3.63, 3.8) is 0 Å². The predicted molar refractivity (Wildman–Crippen MR) is 82.4 cm³/mol. The van der Waals surface area contributed by atoms with Crippen molar-refractivity contribution < 1.29 is 9.13 Å². The average Bonchev–Trinajstić information content (AvgIpc) is 2.48. The number of benzene rings is 1. The Kier molecular flexibility index (Phi) is 5.96. The molecule has 3 nitrogen and oxygen atoms in total. The molecule has 112 valence electrons. The summed E-state index contributed by atoms with van der Waals surface area (Å²) in [4.78, 5) is 2.34. The molecular formula is C15H22BrFN2O. The van der Waals surface area contributed by atoms with Crippen molar-refractivity contribution in [1.29, 1.82) is 0 Å². The summed E-state index contributed by atoms with van der Waals surface area (Å²) in [6, 6.07) is 5.31. The van der Waals surface area contributed by atoms with Gasteiger partial charge in [-0.2, -0.15) is 0 Å². The summed E-state index contributed by atoms with van der Waals surface area (Å²) in [7, 11) is 0. The van der Waals surface area contributed by atoms with Crippen molar-refractivity contribution in [3.05, 3.63) is 34.1 Å². The van der Waals surface area contributed by atoms with Crippen molar-refractivity contribution in [2.24, 2.45) is 0 Å². The van der Waals surface area contributed by atoms with Gasteiger partial charge in [0.1, 0.15) is 5.82 Å². The van der Waals surface area contributed by atoms with Crippen LogP contribution in [0.5, 0.6) is 0 Å². The molecule has 1 aromatic carbocycles. The lowest BCUT2D eigenvalue weighted by molar-refractivity contribution is -0.0459. The lowest BCUT2D eigenvalue weighted by Crippen LogP contribution is -2.48. The fraction of sp³-hybridized carbons (Fsp3) is 0.600. The van der Waals surface area contributed by atoms with Gasteiger partial charge in [0, 0.05) is 18.7 Å². The number of nitrogens with one attached hydrogen (secondary N) is 1. The Morgan fingerprint density at radius 3 is 3.00 bits per heavy atom. The van der Waals surface area contributed by atoms with Gasteiger partial charge in [-0.3, -0.25) is 4.90 Å². The number of hydrogen-bond acceptors (Lipinski definition) is 3. The zero-order valence-corrected chi connectivity index (χ0v) is 13.6. The van der Waals surface area contributed by atoms with Gasteiger partial charge in [0.15, 0.2) is 0 Å². The third-order valence-electron chi connectivity index (χ3n) is 3.74. The van der Waals surface area contributed by atoms with Crippen LogP contribution in [0.15, 0.2) is 22.7 Å². The maximum Gasteiger partial charge on any atom is 0.142 e. The summed E-state index contributed by atoms with van der Waals surface area (Å²) < 4.78 is 20.7. The molecule has 0 saturated carbocycles. The van der Waals surface area contributed by atoms with E-state index < -0.39 is 0 Å². The molecule has 2 atom stereocenters. The van der Waals surface area contributed by atoms with Crippen molar-refractivity contribution in [3.8, 4) is 0 Å². The van der Waals surface area contributed by atoms with Gasteiger partial charge in [0.05, 0.1) is 23.2 Å². The molecule has 0 spiro atoms. The van der Waals surface area contributed by atoms with Crippen LogP contribution in [0.2, 0.25) is 0 Å². The van der Waals surface area contributed by atoms with E-state index in [2.05, 4.69) is 33.1 Å². The number of likely N-dealkylation sites (N-methyl/N-ethyl adjacent to an activating group) is 2. The fourth-order valence-corrected chi connectivity index (χ4v) is 3.02. The number of morpholine rings is 1. The summed E-state index contributed by atoms with van der Waals surface area (Å²) in [5.41, 5.74) is 0.671. The lowest BCUT2D eigenvalue weighted by atomic mass is 9.99. The second-order valence-electron chi connectivity index (χ2n) is 4.98. The molecule has 0 radical (unpaired) electrons. The summed E-state index contributed by atoms with van der Waals surface area (Å²) in [6.45, 7) is 8.44. The van der Waals surface area contributed by atoms with Gasteiger partial charge in [-0.25, -0.2) is 4.39 Å². The van der Waals surface area contributed by atoms with E-state index in [9.17, 15) is 4.39 Å². The van der Waals surface area contributed by atoms with E-state index in [0.717, 1.165) is 26.2 Å².